The van der Waals surface area contributed by atoms with Gasteiger partial charge in [-0.3, -0.25) is 4.79 Å². The maximum atomic E-state index is 11.9. The summed E-state index contributed by atoms with van der Waals surface area (Å²) < 4.78 is 11.5. The van der Waals surface area contributed by atoms with Crippen LogP contribution in [0, 0.1) is 5.41 Å². The number of benzene rings is 1. The molecule has 1 aromatic carbocycles. The maximum Gasteiger partial charge on any atom is 0.146 e. The molecule has 0 radical (unpaired) electrons. The minimum atomic E-state index is -0.276. The van der Waals surface area contributed by atoms with Crippen LogP contribution in [0.4, 0.5) is 0 Å². The Morgan fingerprint density at radius 1 is 1.21 bits per heavy atom. The SMILES string of the molecule is CCOc1cccc(OC2CC(=O)C2(CC)CC)c1. The third kappa shape index (κ3) is 2.46. The van der Waals surface area contributed by atoms with Gasteiger partial charge in [0, 0.05) is 12.5 Å². The van der Waals surface area contributed by atoms with E-state index in [2.05, 4.69) is 13.8 Å². The van der Waals surface area contributed by atoms with Crippen molar-refractivity contribution in [3.63, 3.8) is 0 Å². The van der Waals surface area contributed by atoms with Crippen LogP contribution in [0.15, 0.2) is 24.3 Å². The molecule has 0 amide bonds. The first-order chi connectivity index (χ1) is 9.16. The lowest BCUT2D eigenvalue weighted by Gasteiger charge is -2.46. The maximum absolute atomic E-state index is 11.9. The normalized spacial score (nSPS) is 20.8. The number of carbonyl (C=O) groups is 1. The molecule has 1 aromatic rings. The third-order valence-corrected chi connectivity index (χ3v) is 4.20. The Morgan fingerprint density at radius 2 is 1.89 bits per heavy atom. The Kier molecular flexibility index (Phi) is 4.13. The summed E-state index contributed by atoms with van der Waals surface area (Å²) in [6.07, 6.45) is 2.23. The van der Waals surface area contributed by atoms with Gasteiger partial charge in [-0.05, 0) is 31.9 Å². The zero-order valence-electron chi connectivity index (χ0n) is 11.9. The molecule has 1 atom stereocenters. The van der Waals surface area contributed by atoms with Crippen molar-refractivity contribution in [2.45, 2.75) is 46.1 Å². The largest absolute Gasteiger partial charge is 0.494 e. The van der Waals surface area contributed by atoms with Gasteiger partial charge in [0.1, 0.15) is 23.4 Å². The van der Waals surface area contributed by atoms with E-state index in [9.17, 15) is 4.79 Å². The summed E-state index contributed by atoms with van der Waals surface area (Å²) in [5.41, 5.74) is -0.276. The van der Waals surface area contributed by atoms with E-state index in [1.807, 2.05) is 31.2 Å². The molecular formula is C16H22O3. The van der Waals surface area contributed by atoms with Gasteiger partial charge >= 0.3 is 0 Å². The molecule has 104 valence electrons. The molecule has 0 N–H and O–H groups in total. The lowest BCUT2D eigenvalue weighted by Crippen LogP contribution is -2.56. The van der Waals surface area contributed by atoms with Gasteiger partial charge < -0.3 is 9.47 Å². The first-order valence-electron chi connectivity index (χ1n) is 7.09. The smallest absolute Gasteiger partial charge is 0.146 e. The molecule has 0 heterocycles. The molecule has 19 heavy (non-hydrogen) atoms. The second-order valence-corrected chi connectivity index (χ2v) is 5.00. The number of ether oxygens (including phenoxy) is 2. The van der Waals surface area contributed by atoms with Crippen LogP contribution in [0.3, 0.4) is 0 Å². The van der Waals surface area contributed by atoms with Crippen LogP contribution in [0.25, 0.3) is 0 Å². The van der Waals surface area contributed by atoms with Crippen molar-refractivity contribution in [3.8, 4) is 11.5 Å². The molecule has 0 aliphatic heterocycles. The molecule has 1 aliphatic carbocycles. The molecular weight excluding hydrogens is 240 g/mol. The zero-order valence-corrected chi connectivity index (χ0v) is 11.9. The van der Waals surface area contributed by atoms with Crippen molar-refractivity contribution in [2.75, 3.05) is 6.61 Å². The van der Waals surface area contributed by atoms with Crippen molar-refractivity contribution in [1.29, 1.82) is 0 Å². The fourth-order valence-corrected chi connectivity index (χ4v) is 2.84. The summed E-state index contributed by atoms with van der Waals surface area (Å²) in [7, 11) is 0. The van der Waals surface area contributed by atoms with Gasteiger partial charge in [-0.15, -0.1) is 0 Å². The molecule has 2 rings (SSSR count). The van der Waals surface area contributed by atoms with Gasteiger partial charge in [0.15, 0.2) is 0 Å². The average molecular weight is 262 g/mol. The molecule has 0 saturated heterocycles. The van der Waals surface area contributed by atoms with Crippen LogP contribution in [0.1, 0.15) is 40.0 Å². The number of Topliss-reactive ketones (excluding diaryl/α,β-unsaturated/α-hetero) is 1. The number of hydrogen-bond acceptors (Lipinski definition) is 3. The minimum absolute atomic E-state index is 0.00637. The van der Waals surface area contributed by atoms with Crippen molar-refractivity contribution in [3.05, 3.63) is 24.3 Å². The Labute approximate surface area is 114 Å². The molecule has 0 bridgehead atoms. The van der Waals surface area contributed by atoms with Crippen LogP contribution >= 0.6 is 0 Å². The van der Waals surface area contributed by atoms with Crippen molar-refractivity contribution in [1.82, 2.24) is 0 Å². The Bertz CT molecular complexity index is 449. The fraction of sp³-hybridized carbons (Fsp3) is 0.562. The summed E-state index contributed by atoms with van der Waals surface area (Å²) in [6, 6.07) is 7.64. The van der Waals surface area contributed by atoms with Crippen molar-refractivity contribution in [2.24, 2.45) is 5.41 Å². The highest BCUT2D eigenvalue weighted by Gasteiger charge is 2.53. The van der Waals surface area contributed by atoms with E-state index in [1.54, 1.807) is 0 Å². The predicted molar refractivity (Wildman–Crippen MR) is 74.7 cm³/mol. The van der Waals surface area contributed by atoms with Crippen LogP contribution in [0.2, 0.25) is 0 Å². The van der Waals surface area contributed by atoms with Crippen molar-refractivity contribution < 1.29 is 14.3 Å². The van der Waals surface area contributed by atoms with Crippen LogP contribution in [-0.2, 0) is 4.79 Å². The highest BCUT2D eigenvalue weighted by atomic mass is 16.5. The number of carbonyl (C=O) groups excluding carboxylic acids is 1. The van der Waals surface area contributed by atoms with Gasteiger partial charge in [0.25, 0.3) is 0 Å². The van der Waals surface area contributed by atoms with Gasteiger partial charge in [-0.25, -0.2) is 0 Å². The first kappa shape index (κ1) is 13.9. The summed E-state index contributed by atoms with van der Waals surface area (Å²) in [5.74, 6) is 1.93. The molecule has 1 aliphatic rings. The summed E-state index contributed by atoms with van der Waals surface area (Å²) >= 11 is 0. The van der Waals surface area contributed by atoms with E-state index in [1.165, 1.54) is 0 Å². The molecule has 0 spiro atoms. The minimum Gasteiger partial charge on any atom is -0.494 e. The van der Waals surface area contributed by atoms with E-state index in [4.69, 9.17) is 9.47 Å². The number of rotatable bonds is 6. The lowest BCUT2D eigenvalue weighted by molar-refractivity contribution is -0.153. The molecule has 1 saturated carbocycles. The lowest BCUT2D eigenvalue weighted by atomic mass is 9.61. The standard InChI is InChI=1S/C16H22O3/c1-4-16(5-2)14(17)11-15(16)19-13-9-7-8-12(10-13)18-6-3/h7-10,15H,4-6,11H2,1-3H3. The van der Waals surface area contributed by atoms with E-state index < -0.39 is 0 Å². The second kappa shape index (κ2) is 5.64. The molecule has 0 aromatic heterocycles. The zero-order chi connectivity index (χ0) is 13.9. The van der Waals surface area contributed by atoms with E-state index in [0.717, 1.165) is 24.3 Å². The molecule has 3 nitrogen and oxygen atoms in total. The topological polar surface area (TPSA) is 35.5 Å². The molecule has 3 heteroatoms. The average Bonchev–Trinajstić information content (AvgIpc) is 2.41. The van der Waals surface area contributed by atoms with Crippen LogP contribution in [-0.4, -0.2) is 18.5 Å². The quantitative estimate of drug-likeness (QED) is 0.785. The monoisotopic (exact) mass is 262 g/mol. The predicted octanol–water partition coefficient (Wildman–Crippen LogP) is 3.61. The van der Waals surface area contributed by atoms with E-state index >= 15 is 0 Å². The van der Waals surface area contributed by atoms with Gasteiger partial charge in [0.2, 0.25) is 0 Å². The highest BCUT2D eigenvalue weighted by molar-refractivity contribution is 5.92. The highest BCUT2D eigenvalue weighted by Crippen LogP contribution is 2.45. The van der Waals surface area contributed by atoms with E-state index in [-0.39, 0.29) is 11.5 Å². The molecule has 1 unspecified atom stereocenters. The van der Waals surface area contributed by atoms with E-state index in [0.29, 0.717) is 18.8 Å². The van der Waals surface area contributed by atoms with Gasteiger partial charge in [0.05, 0.1) is 12.0 Å². The Morgan fingerprint density at radius 3 is 2.47 bits per heavy atom. The van der Waals surface area contributed by atoms with Crippen molar-refractivity contribution >= 4 is 5.78 Å². The summed E-state index contributed by atoms with van der Waals surface area (Å²) in [5, 5.41) is 0. The van der Waals surface area contributed by atoms with Crippen LogP contribution in [0.5, 0.6) is 11.5 Å². The number of hydrogen-bond donors (Lipinski definition) is 0. The Hall–Kier alpha value is -1.51. The van der Waals surface area contributed by atoms with Gasteiger partial charge in [-0.2, -0.15) is 0 Å². The van der Waals surface area contributed by atoms with Crippen LogP contribution < -0.4 is 9.47 Å². The third-order valence-electron chi connectivity index (χ3n) is 4.20. The summed E-state index contributed by atoms with van der Waals surface area (Å²) in [4.78, 5) is 11.9. The summed E-state index contributed by atoms with van der Waals surface area (Å²) in [6.45, 7) is 6.72. The molecule has 1 fully saturated rings. The Balaban J connectivity index is 2.09. The fourth-order valence-electron chi connectivity index (χ4n) is 2.84. The van der Waals surface area contributed by atoms with Gasteiger partial charge in [-0.1, -0.05) is 19.9 Å². The first-order valence-corrected chi connectivity index (χ1v) is 7.09. The second-order valence-electron chi connectivity index (χ2n) is 5.00. The number of ketones is 1.